The lowest BCUT2D eigenvalue weighted by Crippen LogP contribution is -2.36. The van der Waals surface area contributed by atoms with Crippen molar-refractivity contribution in [1.82, 2.24) is 4.90 Å². The van der Waals surface area contributed by atoms with Crippen LogP contribution < -0.4 is 14.2 Å². The number of carbonyl (C=O) groups is 2. The van der Waals surface area contributed by atoms with E-state index in [1.807, 2.05) is 0 Å². The van der Waals surface area contributed by atoms with Crippen LogP contribution in [0.15, 0.2) is 42.5 Å². The Morgan fingerprint density at radius 3 is 2.19 bits per heavy atom. The zero-order valence-corrected chi connectivity index (χ0v) is 19.4. The maximum atomic E-state index is 12.3. The Labute approximate surface area is 188 Å². The van der Waals surface area contributed by atoms with Crippen LogP contribution in [-0.2, 0) is 16.0 Å². The molecule has 0 saturated carbocycles. The number of hydrogen-bond donors (Lipinski definition) is 1. The van der Waals surface area contributed by atoms with E-state index in [0.717, 1.165) is 0 Å². The second-order valence-electron chi connectivity index (χ2n) is 8.27. The maximum absolute atomic E-state index is 12.3. The molecule has 1 N–H and O–H groups in total. The Bertz CT molecular complexity index is 919. The molecule has 0 aliphatic heterocycles. The third kappa shape index (κ3) is 7.46. The zero-order chi connectivity index (χ0) is 23.9. The third-order valence-electron chi connectivity index (χ3n) is 4.48. The summed E-state index contributed by atoms with van der Waals surface area (Å²) >= 11 is 0. The van der Waals surface area contributed by atoms with Crippen LogP contribution in [0.5, 0.6) is 17.2 Å². The van der Waals surface area contributed by atoms with Crippen LogP contribution in [-0.4, -0.2) is 55.5 Å². The largest absolute Gasteiger partial charge is 0.497 e. The summed E-state index contributed by atoms with van der Waals surface area (Å²) in [5.74, 6) is 1.06. The van der Waals surface area contributed by atoms with Crippen LogP contribution in [0.4, 0.5) is 4.79 Å². The second kappa shape index (κ2) is 10.9. The lowest BCUT2D eigenvalue weighted by Gasteiger charge is -2.26. The summed E-state index contributed by atoms with van der Waals surface area (Å²) in [6.45, 7) is 5.39. The van der Waals surface area contributed by atoms with E-state index < -0.39 is 23.8 Å². The normalized spacial score (nSPS) is 12.0. The van der Waals surface area contributed by atoms with Crippen molar-refractivity contribution in [3.63, 3.8) is 0 Å². The highest BCUT2D eigenvalue weighted by Gasteiger charge is 2.22. The first-order valence-electron chi connectivity index (χ1n) is 10.2. The molecule has 0 bridgehead atoms. The van der Waals surface area contributed by atoms with Gasteiger partial charge in [-0.1, -0.05) is 18.2 Å². The zero-order valence-electron chi connectivity index (χ0n) is 19.4. The van der Waals surface area contributed by atoms with Crippen molar-refractivity contribution in [2.75, 3.05) is 27.8 Å². The van der Waals surface area contributed by atoms with Gasteiger partial charge in [0, 0.05) is 18.7 Å². The van der Waals surface area contributed by atoms with E-state index in [2.05, 4.69) is 0 Å². The van der Waals surface area contributed by atoms with E-state index in [4.69, 9.17) is 18.9 Å². The number of rotatable bonds is 8. The van der Waals surface area contributed by atoms with Gasteiger partial charge >= 0.3 is 12.1 Å². The monoisotopic (exact) mass is 445 g/mol. The van der Waals surface area contributed by atoms with Crippen molar-refractivity contribution in [3.8, 4) is 17.2 Å². The maximum Gasteiger partial charge on any atom is 0.410 e. The van der Waals surface area contributed by atoms with Gasteiger partial charge in [-0.15, -0.1) is 0 Å². The molecule has 0 aliphatic rings. The molecule has 2 rings (SSSR count). The lowest BCUT2D eigenvalue weighted by molar-refractivity contribution is -0.133. The number of benzene rings is 2. The summed E-state index contributed by atoms with van der Waals surface area (Å²) in [4.78, 5) is 25.7. The fourth-order valence-electron chi connectivity index (χ4n) is 2.86. The Hall–Kier alpha value is -3.26. The number of methoxy groups -OCH3 is 2. The van der Waals surface area contributed by atoms with Crippen molar-refractivity contribution in [2.24, 2.45) is 0 Å². The van der Waals surface area contributed by atoms with E-state index in [1.165, 1.54) is 12.0 Å². The Morgan fingerprint density at radius 1 is 1.00 bits per heavy atom. The number of hydrogen-bond acceptors (Lipinski definition) is 7. The Kier molecular flexibility index (Phi) is 8.48. The highest BCUT2D eigenvalue weighted by atomic mass is 16.6. The van der Waals surface area contributed by atoms with Crippen LogP contribution in [0, 0.1) is 0 Å². The van der Waals surface area contributed by atoms with Gasteiger partial charge in [0.15, 0.2) is 0 Å². The molecule has 2 aromatic rings. The van der Waals surface area contributed by atoms with Gasteiger partial charge in [-0.3, -0.25) is 4.79 Å². The van der Waals surface area contributed by atoms with E-state index in [9.17, 15) is 14.7 Å². The number of amides is 1. The molecule has 32 heavy (non-hydrogen) atoms. The molecule has 0 heterocycles. The minimum absolute atomic E-state index is 0.0260. The van der Waals surface area contributed by atoms with Crippen molar-refractivity contribution < 1.29 is 33.6 Å². The third-order valence-corrected chi connectivity index (χ3v) is 4.48. The average molecular weight is 446 g/mol. The molecule has 0 saturated heterocycles. The number of esters is 1. The van der Waals surface area contributed by atoms with Gasteiger partial charge in [0.2, 0.25) is 0 Å². The fraction of sp³-hybridized carbons (Fsp3) is 0.417. The van der Waals surface area contributed by atoms with Crippen LogP contribution in [0.2, 0.25) is 0 Å². The van der Waals surface area contributed by atoms with Crippen LogP contribution in [0.3, 0.4) is 0 Å². The van der Waals surface area contributed by atoms with Crippen molar-refractivity contribution in [3.05, 3.63) is 53.6 Å². The second-order valence-corrected chi connectivity index (χ2v) is 8.27. The Morgan fingerprint density at radius 2 is 1.62 bits per heavy atom. The van der Waals surface area contributed by atoms with Gasteiger partial charge in [-0.25, -0.2) is 4.79 Å². The molecule has 1 amide bonds. The highest BCUT2D eigenvalue weighted by molar-refractivity contribution is 5.76. The molecule has 1 atom stereocenters. The average Bonchev–Trinajstić information content (AvgIpc) is 2.73. The first kappa shape index (κ1) is 25.0. The van der Waals surface area contributed by atoms with E-state index in [0.29, 0.717) is 28.4 Å². The Balaban J connectivity index is 1.94. The summed E-state index contributed by atoms with van der Waals surface area (Å²) in [6, 6.07) is 11.7. The van der Waals surface area contributed by atoms with Gasteiger partial charge in [0.25, 0.3) is 0 Å². The fourth-order valence-corrected chi connectivity index (χ4v) is 2.86. The van der Waals surface area contributed by atoms with Gasteiger partial charge in [-0.05, 0) is 44.5 Å². The van der Waals surface area contributed by atoms with E-state index in [1.54, 1.807) is 77.4 Å². The molecule has 0 radical (unpaired) electrons. The number of aliphatic hydroxyl groups excluding tert-OH is 1. The summed E-state index contributed by atoms with van der Waals surface area (Å²) in [7, 11) is 4.63. The quantitative estimate of drug-likeness (QED) is 0.488. The van der Waals surface area contributed by atoms with Crippen LogP contribution in [0.25, 0.3) is 0 Å². The summed E-state index contributed by atoms with van der Waals surface area (Å²) in [6.07, 6.45) is -1.41. The minimum Gasteiger partial charge on any atom is -0.497 e. The van der Waals surface area contributed by atoms with Gasteiger partial charge in [-0.2, -0.15) is 0 Å². The van der Waals surface area contributed by atoms with Gasteiger partial charge in [0.05, 0.1) is 33.3 Å². The highest BCUT2D eigenvalue weighted by Crippen LogP contribution is 2.26. The molecule has 8 heteroatoms. The standard InChI is InChI=1S/C24H31NO7/c1-24(2,3)32-23(28)25(4)15-20(26)16-7-10-18(11-8-16)31-22(27)13-17-9-12-19(29-5)14-21(17)30-6/h7-12,14,20,26H,13,15H2,1-6H3. The van der Waals surface area contributed by atoms with Crippen molar-refractivity contribution in [2.45, 2.75) is 38.9 Å². The molecule has 0 aromatic heterocycles. The number of nitrogens with zero attached hydrogens (tertiary/aromatic N) is 1. The molecular formula is C24H31NO7. The van der Waals surface area contributed by atoms with Crippen LogP contribution in [0.1, 0.15) is 38.0 Å². The number of aliphatic hydroxyl groups is 1. The molecule has 1 unspecified atom stereocenters. The molecule has 0 fully saturated rings. The first-order chi connectivity index (χ1) is 15.0. The van der Waals surface area contributed by atoms with E-state index >= 15 is 0 Å². The number of ether oxygens (including phenoxy) is 4. The molecule has 8 nitrogen and oxygen atoms in total. The minimum atomic E-state index is -0.916. The topological polar surface area (TPSA) is 94.5 Å². The summed E-state index contributed by atoms with van der Waals surface area (Å²) in [5, 5.41) is 10.4. The predicted molar refractivity (Wildman–Crippen MR) is 119 cm³/mol. The molecule has 2 aromatic carbocycles. The van der Waals surface area contributed by atoms with Crippen molar-refractivity contribution >= 4 is 12.1 Å². The van der Waals surface area contributed by atoms with Gasteiger partial charge in [0.1, 0.15) is 22.8 Å². The van der Waals surface area contributed by atoms with Crippen LogP contribution >= 0.6 is 0 Å². The molecule has 0 spiro atoms. The first-order valence-corrected chi connectivity index (χ1v) is 10.2. The number of carbonyl (C=O) groups excluding carboxylic acids is 2. The lowest BCUT2D eigenvalue weighted by atomic mass is 10.1. The van der Waals surface area contributed by atoms with E-state index in [-0.39, 0.29) is 13.0 Å². The SMILES string of the molecule is COc1ccc(CC(=O)Oc2ccc(C(O)CN(C)C(=O)OC(C)(C)C)cc2)c(OC)c1. The summed E-state index contributed by atoms with van der Waals surface area (Å²) < 4.78 is 21.1. The predicted octanol–water partition coefficient (Wildman–Crippen LogP) is 3.75. The molecular weight excluding hydrogens is 414 g/mol. The summed E-state index contributed by atoms with van der Waals surface area (Å²) in [5.41, 5.74) is 0.644. The molecule has 174 valence electrons. The van der Waals surface area contributed by atoms with Crippen molar-refractivity contribution in [1.29, 1.82) is 0 Å². The van der Waals surface area contributed by atoms with Gasteiger partial charge < -0.3 is 29.0 Å². The molecule has 0 aliphatic carbocycles. The smallest absolute Gasteiger partial charge is 0.410 e. The number of likely N-dealkylation sites (N-methyl/N-ethyl adjacent to an activating group) is 1.